The zero-order valence-electron chi connectivity index (χ0n) is 17.0. The second kappa shape index (κ2) is 6.99. The van der Waals surface area contributed by atoms with E-state index in [0.717, 1.165) is 31.6 Å². The van der Waals surface area contributed by atoms with Gasteiger partial charge in [0, 0.05) is 55.3 Å². The van der Waals surface area contributed by atoms with E-state index in [-0.39, 0.29) is 12.0 Å². The maximum Gasteiger partial charge on any atom is 0.307 e. The Bertz CT molecular complexity index is 753. The van der Waals surface area contributed by atoms with Crippen molar-refractivity contribution in [2.24, 2.45) is 5.41 Å². The van der Waals surface area contributed by atoms with E-state index in [2.05, 4.69) is 27.9 Å². The molecule has 4 aliphatic rings. The lowest BCUT2D eigenvalue weighted by atomic mass is 9.62. The minimum Gasteiger partial charge on any atom is -0.490 e. The van der Waals surface area contributed by atoms with Crippen LogP contribution in [0.2, 0.25) is 0 Å². The van der Waals surface area contributed by atoms with Crippen LogP contribution in [0, 0.1) is 5.41 Å². The third-order valence-corrected chi connectivity index (χ3v) is 7.15. The molecule has 2 unspecified atom stereocenters. The summed E-state index contributed by atoms with van der Waals surface area (Å²) < 4.78 is 11.7. The fourth-order valence-electron chi connectivity index (χ4n) is 6.13. The van der Waals surface area contributed by atoms with Crippen molar-refractivity contribution in [3.8, 4) is 5.75 Å². The van der Waals surface area contributed by atoms with Crippen LogP contribution in [0.15, 0.2) is 12.3 Å². The molecule has 1 aliphatic carbocycles. The monoisotopic (exact) mass is 385 g/mol. The predicted octanol–water partition coefficient (Wildman–Crippen LogP) is 2.57. The van der Waals surface area contributed by atoms with Gasteiger partial charge in [-0.1, -0.05) is 0 Å². The summed E-state index contributed by atoms with van der Waals surface area (Å²) in [6, 6.07) is 2.66. The molecule has 5 rings (SSSR count). The Morgan fingerprint density at radius 2 is 2.14 bits per heavy atom. The highest BCUT2D eigenvalue weighted by molar-refractivity contribution is 5.70. The predicted molar refractivity (Wildman–Crippen MR) is 105 cm³/mol. The summed E-state index contributed by atoms with van der Waals surface area (Å²) in [5, 5.41) is 0. The first-order valence-corrected chi connectivity index (χ1v) is 10.8. The van der Waals surface area contributed by atoms with Gasteiger partial charge in [-0.15, -0.1) is 0 Å². The second-order valence-corrected chi connectivity index (χ2v) is 9.23. The van der Waals surface area contributed by atoms with E-state index in [1.54, 1.807) is 0 Å². The van der Waals surface area contributed by atoms with E-state index < -0.39 is 0 Å². The number of rotatable bonds is 5. The van der Waals surface area contributed by atoms with Crippen LogP contribution < -0.4 is 4.74 Å². The van der Waals surface area contributed by atoms with Crippen LogP contribution in [0.3, 0.4) is 0 Å². The molecule has 0 N–H and O–H groups in total. The third-order valence-electron chi connectivity index (χ3n) is 7.15. The van der Waals surface area contributed by atoms with Gasteiger partial charge in [0.2, 0.25) is 0 Å². The number of carbonyl (C=O) groups excluding carboxylic acids is 1. The Kier molecular flexibility index (Phi) is 4.59. The Morgan fingerprint density at radius 3 is 2.89 bits per heavy atom. The summed E-state index contributed by atoms with van der Waals surface area (Å²) in [6.45, 7) is 5.73. The molecule has 1 spiro atoms. The molecule has 2 atom stereocenters. The molecule has 4 heterocycles. The number of likely N-dealkylation sites (tertiary alicyclic amines) is 1. The lowest BCUT2D eigenvalue weighted by molar-refractivity contribution is -0.144. The quantitative estimate of drug-likeness (QED) is 0.726. The van der Waals surface area contributed by atoms with Crippen molar-refractivity contribution in [2.45, 2.75) is 63.6 Å². The van der Waals surface area contributed by atoms with Crippen molar-refractivity contribution in [2.75, 3.05) is 33.3 Å². The summed E-state index contributed by atoms with van der Waals surface area (Å²) in [7, 11) is 2.19. The summed E-state index contributed by atoms with van der Waals surface area (Å²) in [6.07, 6.45) is 8.13. The maximum atomic E-state index is 12.0. The molecule has 0 radical (unpaired) electrons. The number of hydrogen-bond acceptors (Lipinski definition) is 6. The molecule has 6 nitrogen and oxygen atoms in total. The smallest absolute Gasteiger partial charge is 0.307 e. The van der Waals surface area contributed by atoms with Gasteiger partial charge >= 0.3 is 5.97 Å². The SMILES string of the molecule is CCOC(=O)CC1CCC2c3c(OC4CC5(C4)CN(C)C5)ccnc3CCN12. The average molecular weight is 386 g/mol. The van der Waals surface area contributed by atoms with Crippen LogP contribution in [0.5, 0.6) is 5.75 Å². The number of aromatic nitrogens is 1. The maximum absolute atomic E-state index is 12.0. The zero-order chi connectivity index (χ0) is 19.3. The highest BCUT2D eigenvalue weighted by Gasteiger charge is 2.52. The van der Waals surface area contributed by atoms with Crippen LogP contribution in [-0.2, 0) is 16.0 Å². The van der Waals surface area contributed by atoms with Crippen molar-refractivity contribution < 1.29 is 14.3 Å². The average Bonchev–Trinajstić information content (AvgIpc) is 3.02. The molecule has 3 fully saturated rings. The fourth-order valence-corrected chi connectivity index (χ4v) is 6.13. The van der Waals surface area contributed by atoms with Crippen molar-refractivity contribution in [3.05, 3.63) is 23.5 Å². The number of ether oxygens (including phenoxy) is 2. The summed E-state index contributed by atoms with van der Waals surface area (Å²) in [4.78, 5) is 21.6. The highest BCUT2D eigenvalue weighted by atomic mass is 16.5. The first-order chi connectivity index (χ1) is 13.6. The van der Waals surface area contributed by atoms with Crippen molar-refractivity contribution in [1.82, 2.24) is 14.8 Å². The van der Waals surface area contributed by atoms with Gasteiger partial charge in [0.15, 0.2) is 0 Å². The number of fused-ring (bicyclic) bond motifs is 3. The topological polar surface area (TPSA) is 54.9 Å². The Hall–Kier alpha value is -1.66. The third kappa shape index (κ3) is 3.11. The minimum absolute atomic E-state index is 0.0770. The van der Waals surface area contributed by atoms with Crippen LogP contribution in [-0.4, -0.2) is 66.2 Å². The Balaban J connectivity index is 1.29. The van der Waals surface area contributed by atoms with Crippen LogP contribution in [0.25, 0.3) is 0 Å². The van der Waals surface area contributed by atoms with E-state index in [1.807, 2.05) is 13.1 Å². The molecule has 0 amide bonds. The molecule has 3 aliphatic heterocycles. The van der Waals surface area contributed by atoms with Crippen LogP contribution in [0.4, 0.5) is 0 Å². The first-order valence-electron chi connectivity index (χ1n) is 10.8. The number of carbonyl (C=O) groups is 1. The van der Waals surface area contributed by atoms with Gasteiger partial charge in [0.05, 0.1) is 24.8 Å². The summed E-state index contributed by atoms with van der Waals surface area (Å²) in [5.41, 5.74) is 3.00. The highest BCUT2D eigenvalue weighted by Crippen LogP contribution is 2.51. The fraction of sp³-hybridized carbons (Fsp3) is 0.727. The largest absolute Gasteiger partial charge is 0.490 e. The van der Waals surface area contributed by atoms with Gasteiger partial charge in [-0.25, -0.2) is 0 Å². The van der Waals surface area contributed by atoms with E-state index >= 15 is 0 Å². The van der Waals surface area contributed by atoms with Crippen LogP contribution in [0.1, 0.15) is 56.3 Å². The minimum atomic E-state index is -0.0770. The molecule has 28 heavy (non-hydrogen) atoms. The second-order valence-electron chi connectivity index (χ2n) is 9.23. The molecule has 1 aromatic rings. The van der Waals surface area contributed by atoms with Crippen LogP contribution >= 0.6 is 0 Å². The summed E-state index contributed by atoms with van der Waals surface area (Å²) >= 11 is 0. The van der Waals surface area contributed by atoms with Gasteiger partial charge in [-0.2, -0.15) is 0 Å². The number of hydrogen-bond donors (Lipinski definition) is 0. The molecule has 1 aromatic heterocycles. The standard InChI is InChI=1S/C22H31N3O3/c1-3-27-20(26)10-15-4-5-18-21-17(7-9-25(15)18)23-8-6-19(21)28-16-11-22(12-16)13-24(2)14-22/h6,8,15-16,18H,3-5,7,9-14H2,1-2H3. The number of pyridine rings is 1. The van der Waals surface area contributed by atoms with Gasteiger partial charge in [0.25, 0.3) is 0 Å². The van der Waals surface area contributed by atoms with E-state index in [1.165, 1.54) is 37.2 Å². The lowest BCUT2D eigenvalue weighted by Gasteiger charge is -2.57. The number of nitrogens with zero attached hydrogens (tertiary/aromatic N) is 3. The van der Waals surface area contributed by atoms with Gasteiger partial charge in [-0.05, 0) is 45.7 Å². The van der Waals surface area contributed by atoms with Gasteiger partial charge < -0.3 is 14.4 Å². The Morgan fingerprint density at radius 1 is 1.32 bits per heavy atom. The van der Waals surface area contributed by atoms with E-state index in [9.17, 15) is 4.79 Å². The van der Waals surface area contributed by atoms with Crippen molar-refractivity contribution in [3.63, 3.8) is 0 Å². The molecule has 0 aromatic carbocycles. The molecule has 0 bridgehead atoms. The van der Waals surface area contributed by atoms with Gasteiger partial charge in [-0.3, -0.25) is 14.7 Å². The van der Waals surface area contributed by atoms with Crippen molar-refractivity contribution >= 4 is 5.97 Å². The molecular weight excluding hydrogens is 354 g/mol. The molecule has 6 heteroatoms. The van der Waals surface area contributed by atoms with Crippen molar-refractivity contribution in [1.29, 1.82) is 0 Å². The number of esters is 1. The van der Waals surface area contributed by atoms with E-state index in [0.29, 0.717) is 30.6 Å². The lowest BCUT2D eigenvalue weighted by Crippen LogP contribution is -2.63. The molecule has 1 saturated carbocycles. The molecular formula is C22H31N3O3. The normalized spacial score (nSPS) is 28.9. The zero-order valence-corrected chi connectivity index (χ0v) is 17.0. The van der Waals surface area contributed by atoms with E-state index in [4.69, 9.17) is 9.47 Å². The molecule has 152 valence electrons. The first kappa shape index (κ1) is 18.4. The summed E-state index contributed by atoms with van der Waals surface area (Å²) in [5.74, 6) is 0.954. The van der Waals surface area contributed by atoms with Gasteiger partial charge in [0.1, 0.15) is 5.75 Å². The molecule has 2 saturated heterocycles. The Labute approximate surface area is 167 Å².